The highest BCUT2D eigenvalue weighted by Gasteiger charge is 2.53. The molecule has 0 saturated heterocycles. The van der Waals surface area contributed by atoms with E-state index < -0.39 is 15.4 Å². The monoisotopic (exact) mass is 575 g/mol. The van der Waals surface area contributed by atoms with Gasteiger partial charge in [0.15, 0.2) is 0 Å². The van der Waals surface area contributed by atoms with Gasteiger partial charge in [0.2, 0.25) is 0 Å². The van der Waals surface area contributed by atoms with Gasteiger partial charge in [-0.2, -0.15) is 10.0 Å². The van der Waals surface area contributed by atoms with Gasteiger partial charge in [-0.25, -0.2) is 0 Å². The van der Waals surface area contributed by atoms with Gasteiger partial charge in [-0.15, -0.1) is 11.3 Å². The molecule has 3 heteroatoms. The summed E-state index contributed by atoms with van der Waals surface area (Å²) in [6, 6.07) is 52.2. The van der Waals surface area contributed by atoms with Crippen molar-refractivity contribution in [3.63, 3.8) is 0 Å². The van der Waals surface area contributed by atoms with E-state index in [4.69, 9.17) is 0 Å². The second-order valence-electron chi connectivity index (χ2n) is 11.7. The molecule has 2 aliphatic heterocycles. The van der Waals surface area contributed by atoms with E-state index in [1.165, 1.54) is 69.3 Å². The summed E-state index contributed by atoms with van der Waals surface area (Å²) in [5.41, 5.74) is 8.79. The second-order valence-corrected chi connectivity index (χ2v) is 16.2. The van der Waals surface area contributed by atoms with Crippen LogP contribution in [0.4, 0.5) is 17.1 Å². The summed E-state index contributed by atoms with van der Waals surface area (Å²) in [5, 5.41) is 2.75. The van der Waals surface area contributed by atoms with E-state index in [0.29, 0.717) is 0 Å². The van der Waals surface area contributed by atoms with Crippen LogP contribution in [-0.4, -0.2) is 12.5 Å². The topological polar surface area (TPSA) is 3.24 Å². The molecule has 0 atom stereocenters. The molecule has 1 spiro atoms. The Morgan fingerprint density at radius 1 is 0.524 bits per heavy atom. The predicted molar refractivity (Wildman–Crippen MR) is 182 cm³/mol. The Kier molecular flexibility index (Phi) is 4.98. The third kappa shape index (κ3) is 2.95. The van der Waals surface area contributed by atoms with Crippen LogP contribution in [0.15, 0.2) is 149 Å². The highest BCUT2D eigenvalue weighted by Crippen LogP contribution is 2.72. The Balaban J connectivity index is 1.50. The lowest BCUT2D eigenvalue weighted by Crippen LogP contribution is -2.41. The minimum atomic E-state index is -1.32. The number of nitrogens with zero attached hydrogens (tertiary/aromatic N) is 1. The van der Waals surface area contributed by atoms with Gasteiger partial charge >= 0.3 is 0 Å². The Morgan fingerprint density at radius 2 is 1.12 bits per heavy atom. The molecule has 6 aromatic carbocycles. The molecule has 0 bridgehead atoms. The second kappa shape index (κ2) is 8.61. The van der Waals surface area contributed by atoms with Crippen molar-refractivity contribution in [2.45, 2.75) is 15.2 Å². The van der Waals surface area contributed by atoms with Crippen LogP contribution in [0.25, 0.3) is 20.2 Å². The average molecular weight is 576 g/mol. The Morgan fingerprint density at radius 3 is 1.86 bits per heavy atom. The van der Waals surface area contributed by atoms with Gasteiger partial charge in [-0.1, -0.05) is 103 Å². The van der Waals surface area contributed by atoms with Crippen LogP contribution >= 0.6 is 21.4 Å². The molecule has 3 heterocycles. The number of fused-ring (bicyclic) bond motifs is 12. The van der Waals surface area contributed by atoms with Crippen molar-refractivity contribution >= 4 is 58.6 Å². The summed E-state index contributed by atoms with van der Waals surface area (Å²) >= 11 is 1.97. The van der Waals surface area contributed by atoms with Crippen molar-refractivity contribution in [2.75, 3.05) is 17.4 Å². The van der Waals surface area contributed by atoms with E-state index in [1.807, 2.05) is 11.3 Å². The summed E-state index contributed by atoms with van der Waals surface area (Å²) in [7, 11) is -1.32. The molecule has 0 fully saturated rings. The predicted octanol–water partition coefficient (Wildman–Crippen LogP) is 11.0. The van der Waals surface area contributed by atoms with Gasteiger partial charge < -0.3 is 4.90 Å². The van der Waals surface area contributed by atoms with Gasteiger partial charge in [-0.3, -0.25) is 0 Å². The fourth-order valence-corrected chi connectivity index (χ4v) is 12.4. The maximum Gasteiger partial charge on any atom is 0.0763 e. The number of anilines is 3. The zero-order valence-electron chi connectivity index (χ0n) is 23.5. The molecule has 0 radical (unpaired) electrons. The van der Waals surface area contributed by atoms with Crippen molar-refractivity contribution in [3.05, 3.63) is 162 Å². The highest BCUT2D eigenvalue weighted by molar-refractivity contribution is 8.33. The molecule has 0 N–H and O–H groups in total. The lowest BCUT2D eigenvalue weighted by atomic mass is 9.62. The summed E-state index contributed by atoms with van der Waals surface area (Å²) < 4.78 is 2.81. The minimum absolute atomic E-state index is 0.433. The van der Waals surface area contributed by atoms with Gasteiger partial charge in [0, 0.05) is 30.8 Å². The molecule has 0 aliphatic carbocycles. The summed E-state index contributed by atoms with van der Waals surface area (Å²) in [5.74, 6) is 0. The van der Waals surface area contributed by atoms with Crippen molar-refractivity contribution in [3.8, 4) is 0 Å². The van der Waals surface area contributed by atoms with Crippen LogP contribution in [-0.2, 0) is 5.41 Å². The lowest BCUT2D eigenvalue weighted by molar-refractivity contribution is 0.692. The van der Waals surface area contributed by atoms with E-state index in [9.17, 15) is 0 Å². The molecular weight excluding hydrogens is 547 g/mol. The van der Waals surface area contributed by atoms with Crippen molar-refractivity contribution < 1.29 is 0 Å². The van der Waals surface area contributed by atoms with Gasteiger partial charge in [-0.05, 0) is 76.1 Å². The molecule has 2 aliphatic rings. The first kappa shape index (κ1) is 24.3. The molecule has 42 heavy (non-hydrogen) atoms. The Labute approximate surface area is 252 Å². The van der Waals surface area contributed by atoms with Crippen molar-refractivity contribution in [2.24, 2.45) is 0 Å². The van der Waals surface area contributed by atoms with Crippen LogP contribution in [0.1, 0.15) is 22.3 Å². The number of rotatable bonds is 1. The lowest BCUT2D eigenvalue weighted by Gasteiger charge is -2.53. The first-order valence-electron chi connectivity index (χ1n) is 14.4. The Bertz CT molecular complexity index is 2140. The zero-order valence-corrected chi connectivity index (χ0v) is 25.2. The number of benzene rings is 6. The molecule has 9 rings (SSSR count). The molecule has 202 valence electrons. The molecule has 0 unspecified atom stereocenters. The normalized spacial score (nSPS) is 16.5. The molecule has 0 saturated carbocycles. The largest absolute Gasteiger partial charge is 0.310 e. The summed E-state index contributed by atoms with van der Waals surface area (Å²) in [4.78, 5) is 5.49. The highest BCUT2D eigenvalue weighted by atomic mass is 32.3. The third-order valence-corrected chi connectivity index (χ3v) is 13.6. The van der Waals surface area contributed by atoms with Gasteiger partial charge in [0.1, 0.15) is 0 Å². The maximum absolute atomic E-state index is 2.51. The van der Waals surface area contributed by atoms with Crippen molar-refractivity contribution in [1.29, 1.82) is 0 Å². The molecule has 0 amide bonds. The van der Waals surface area contributed by atoms with Crippen LogP contribution < -0.4 is 4.90 Å². The van der Waals surface area contributed by atoms with E-state index in [1.54, 1.807) is 0 Å². The van der Waals surface area contributed by atoms with Crippen molar-refractivity contribution in [1.82, 2.24) is 0 Å². The van der Waals surface area contributed by atoms with Crippen LogP contribution in [0.5, 0.6) is 0 Å². The first-order chi connectivity index (χ1) is 20.6. The minimum Gasteiger partial charge on any atom is -0.310 e. The summed E-state index contributed by atoms with van der Waals surface area (Å²) in [6.07, 6.45) is 5.02. The average Bonchev–Trinajstić information content (AvgIpc) is 3.42. The molecule has 1 nitrogen and oxygen atoms in total. The SMILES string of the molecule is CS1(C)c2ccccc2C2(c3ccccc3N(c3ccccc3)c3ccccc32)c2ccc3c(sc4ccccc43)c21. The third-order valence-electron chi connectivity index (χ3n) is 9.37. The van der Waals surface area contributed by atoms with Gasteiger partial charge in [0.05, 0.1) is 16.8 Å². The van der Waals surface area contributed by atoms with E-state index in [-0.39, 0.29) is 0 Å². The quantitative estimate of drug-likeness (QED) is 0.188. The first-order valence-corrected chi connectivity index (χ1v) is 17.7. The maximum atomic E-state index is 2.51. The molecule has 7 aromatic rings. The van der Waals surface area contributed by atoms with E-state index in [0.717, 1.165) is 0 Å². The zero-order chi connectivity index (χ0) is 28.1. The van der Waals surface area contributed by atoms with E-state index >= 15 is 0 Å². The number of para-hydroxylation sites is 3. The Hall–Kier alpha value is -4.31. The molecular formula is C39H29NS2. The number of hydrogen-bond acceptors (Lipinski definition) is 2. The fraction of sp³-hybridized carbons (Fsp3) is 0.0769. The standard InChI is InChI=1S/C39H29NS2/c1-42(2)36-23-13-9-19-31(36)39(32-25-24-28-27-16-6-12-22-35(27)41-37(28)38(32)42)29-17-7-10-20-33(29)40(26-14-4-3-5-15-26)34-21-11-8-18-30(34)39/h3-25H,1-2H3. The van der Waals surface area contributed by atoms with Crippen LogP contribution in [0.2, 0.25) is 0 Å². The van der Waals surface area contributed by atoms with Crippen LogP contribution in [0.3, 0.4) is 0 Å². The van der Waals surface area contributed by atoms with Crippen LogP contribution in [0, 0.1) is 0 Å². The van der Waals surface area contributed by atoms with Gasteiger partial charge in [0.25, 0.3) is 0 Å². The molecule has 1 aromatic heterocycles. The fourth-order valence-electron chi connectivity index (χ4n) is 7.72. The summed E-state index contributed by atoms with van der Waals surface area (Å²) in [6.45, 7) is 0. The number of thiophene rings is 1. The smallest absolute Gasteiger partial charge is 0.0763 e. The van der Waals surface area contributed by atoms with E-state index in [2.05, 4.69) is 157 Å². The number of hydrogen-bond donors (Lipinski definition) is 0.